The van der Waals surface area contributed by atoms with Crippen molar-refractivity contribution < 1.29 is 43.9 Å². The van der Waals surface area contributed by atoms with E-state index in [-0.39, 0.29) is 16.8 Å². The molecule has 2 N–H and O–H groups in total. The SMILES string of the molecule is Cc1c(S(=O)(=O)C(F)(F)F)c(C(N)=O)nn1-c1c(F)cc(C(F)(F)F)cc1Cl. The molecule has 0 atom stereocenters. The first-order valence-electron chi connectivity index (χ1n) is 6.77. The maximum absolute atomic E-state index is 14.2. The Hall–Kier alpha value is -2.35. The second-order valence-electron chi connectivity index (χ2n) is 5.27. The molecule has 1 aromatic carbocycles. The van der Waals surface area contributed by atoms with E-state index in [0.717, 1.165) is 0 Å². The number of hydrogen-bond acceptors (Lipinski definition) is 4. The summed E-state index contributed by atoms with van der Waals surface area (Å²) < 4.78 is 115. The average molecular weight is 454 g/mol. The summed E-state index contributed by atoms with van der Waals surface area (Å²) in [5.41, 5.74) is -5.85. The van der Waals surface area contributed by atoms with Gasteiger partial charge < -0.3 is 5.73 Å². The Balaban J connectivity index is 2.88. The van der Waals surface area contributed by atoms with Crippen molar-refractivity contribution in [3.63, 3.8) is 0 Å². The van der Waals surface area contributed by atoms with Crippen LogP contribution in [-0.4, -0.2) is 29.6 Å². The lowest BCUT2D eigenvalue weighted by molar-refractivity contribution is -0.137. The molecule has 0 aliphatic rings. The minimum Gasteiger partial charge on any atom is -0.364 e. The van der Waals surface area contributed by atoms with Crippen LogP contribution in [0.2, 0.25) is 5.02 Å². The van der Waals surface area contributed by atoms with Crippen LogP contribution < -0.4 is 5.73 Å². The van der Waals surface area contributed by atoms with Gasteiger partial charge in [-0.1, -0.05) is 11.6 Å². The molecule has 0 fully saturated rings. The zero-order valence-corrected chi connectivity index (χ0v) is 14.9. The van der Waals surface area contributed by atoms with Gasteiger partial charge in [0.15, 0.2) is 11.5 Å². The topological polar surface area (TPSA) is 95.0 Å². The summed E-state index contributed by atoms with van der Waals surface area (Å²) in [5, 5.41) is 2.28. The number of halogens is 8. The van der Waals surface area contributed by atoms with Crippen LogP contribution in [0.1, 0.15) is 21.7 Å². The second kappa shape index (κ2) is 6.62. The lowest BCUT2D eigenvalue weighted by atomic mass is 10.2. The highest BCUT2D eigenvalue weighted by Crippen LogP contribution is 2.38. The molecule has 1 aromatic heterocycles. The number of primary amides is 1. The molecule has 0 unspecified atom stereocenters. The predicted molar refractivity (Wildman–Crippen MR) is 80.0 cm³/mol. The predicted octanol–water partition coefficient (Wildman–Crippen LogP) is 3.38. The Morgan fingerprint density at radius 1 is 1.18 bits per heavy atom. The third-order valence-corrected chi connectivity index (χ3v) is 5.35. The number of hydrogen-bond donors (Lipinski definition) is 1. The lowest BCUT2D eigenvalue weighted by Gasteiger charge is -2.13. The standard InChI is InChI=1S/C13H7ClF7N3O3S/c1-4-10(28(26,27)13(19,20)21)8(11(22)25)23-24(4)9-6(14)2-5(3-7(9)15)12(16,17)18/h2-3H,1H3,(H2,22,25). The highest BCUT2D eigenvalue weighted by molar-refractivity contribution is 7.92. The van der Waals surface area contributed by atoms with Gasteiger partial charge in [0.05, 0.1) is 16.3 Å². The van der Waals surface area contributed by atoms with E-state index in [4.69, 9.17) is 17.3 Å². The first-order valence-corrected chi connectivity index (χ1v) is 8.63. The molecule has 2 rings (SSSR count). The summed E-state index contributed by atoms with van der Waals surface area (Å²) in [7, 11) is -6.16. The van der Waals surface area contributed by atoms with Crippen molar-refractivity contribution in [3.8, 4) is 5.69 Å². The number of sulfone groups is 1. The molecule has 6 nitrogen and oxygen atoms in total. The van der Waals surface area contributed by atoms with Crippen LogP contribution in [0.15, 0.2) is 17.0 Å². The number of amides is 1. The fourth-order valence-corrected chi connectivity index (χ4v) is 3.63. The molecular weight excluding hydrogens is 447 g/mol. The van der Waals surface area contributed by atoms with E-state index in [1.807, 2.05) is 0 Å². The molecule has 1 heterocycles. The number of aromatic nitrogens is 2. The number of benzene rings is 1. The van der Waals surface area contributed by atoms with Gasteiger partial charge in [-0.05, 0) is 19.1 Å². The number of nitrogens with zero attached hydrogens (tertiary/aromatic N) is 2. The molecular formula is C13H7ClF7N3O3S. The van der Waals surface area contributed by atoms with Crippen molar-refractivity contribution in [1.29, 1.82) is 0 Å². The van der Waals surface area contributed by atoms with Gasteiger partial charge in [-0.25, -0.2) is 17.5 Å². The summed E-state index contributed by atoms with van der Waals surface area (Å²) in [6.07, 6.45) is -4.99. The molecule has 28 heavy (non-hydrogen) atoms. The maximum atomic E-state index is 14.2. The molecule has 1 amide bonds. The Kier molecular flexibility index (Phi) is 5.19. The van der Waals surface area contributed by atoms with Crippen LogP contribution in [0.3, 0.4) is 0 Å². The van der Waals surface area contributed by atoms with Crippen molar-refractivity contribution in [3.05, 3.63) is 39.9 Å². The summed E-state index contributed by atoms with van der Waals surface area (Å²) >= 11 is 5.60. The zero-order chi connectivity index (χ0) is 21.8. The summed E-state index contributed by atoms with van der Waals surface area (Å²) in [6.45, 7) is 0.714. The van der Waals surface area contributed by atoms with E-state index in [9.17, 15) is 43.9 Å². The molecule has 0 saturated carbocycles. The van der Waals surface area contributed by atoms with Gasteiger partial charge in [0, 0.05) is 0 Å². The van der Waals surface area contributed by atoms with Crippen LogP contribution in [0.5, 0.6) is 0 Å². The average Bonchev–Trinajstić information content (AvgIpc) is 2.82. The van der Waals surface area contributed by atoms with Crippen LogP contribution in [0.25, 0.3) is 5.69 Å². The van der Waals surface area contributed by atoms with Gasteiger partial charge in [0.25, 0.3) is 15.7 Å². The first kappa shape index (κ1) is 21.9. The highest BCUT2D eigenvalue weighted by atomic mass is 35.5. The Morgan fingerprint density at radius 3 is 2.11 bits per heavy atom. The second-order valence-corrected chi connectivity index (χ2v) is 7.56. The number of carbonyl (C=O) groups excluding carboxylic acids is 1. The van der Waals surface area contributed by atoms with Gasteiger partial charge in [-0.15, -0.1) is 0 Å². The molecule has 0 aliphatic heterocycles. The molecule has 0 bridgehead atoms. The van der Waals surface area contributed by atoms with Gasteiger partial charge >= 0.3 is 11.7 Å². The van der Waals surface area contributed by atoms with Crippen LogP contribution >= 0.6 is 11.6 Å². The molecule has 0 radical (unpaired) electrons. The van der Waals surface area contributed by atoms with Crippen molar-refractivity contribution in [1.82, 2.24) is 9.78 Å². The Morgan fingerprint density at radius 2 is 1.71 bits per heavy atom. The van der Waals surface area contributed by atoms with Crippen molar-refractivity contribution in [2.75, 3.05) is 0 Å². The van der Waals surface area contributed by atoms with Gasteiger partial charge in [0.2, 0.25) is 0 Å². The summed E-state index contributed by atoms with van der Waals surface area (Å²) in [5.74, 6) is -3.38. The molecule has 2 aromatic rings. The van der Waals surface area contributed by atoms with E-state index < -0.39 is 65.8 Å². The van der Waals surface area contributed by atoms with Crippen molar-refractivity contribution in [2.24, 2.45) is 5.73 Å². The molecule has 0 saturated heterocycles. The van der Waals surface area contributed by atoms with Gasteiger partial charge in [-0.3, -0.25) is 4.79 Å². The minimum atomic E-state index is -6.16. The maximum Gasteiger partial charge on any atom is 0.502 e. The first-order chi connectivity index (χ1) is 12.5. The summed E-state index contributed by atoms with van der Waals surface area (Å²) in [6, 6.07) is 0.229. The van der Waals surface area contributed by atoms with E-state index in [1.165, 1.54) is 0 Å². The van der Waals surface area contributed by atoms with E-state index >= 15 is 0 Å². The van der Waals surface area contributed by atoms with E-state index in [2.05, 4.69) is 5.10 Å². The number of rotatable bonds is 3. The van der Waals surface area contributed by atoms with Gasteiger partial charge in [-0.2, -0.15) is 31.4 Å². The molecule has 154 valence electrons. The number of carbonyl (C=O) groups is 1. The van der Waals surface area contributed by atoms with E-state index in [1.54, 1.807) is 0 Å². The third-order valence-electron chi connectivity index (χ3n) is 3.42. The van der Waals surface area contributed by atoms with Crippen molar-refractivity contribution in [2.45, 2.75) is 23.5 Å². The number of nitrogens with two attached hydrogens (primary N) is 1. The molecule has 15 heteroatoms. The minimum absolute atomic E-state index is 0.0236. The highest BCUT2D eigenvalue weighted by Gasteiger charge is 2.51. The Labute approximate surface area is 156 Å². The largest absolute Gasteiger partial charge is 0.502 e. The summed E-state index contributed by atoms with van der Waals surface area (Å²) in [4.78, 5) is 9.72. The normalized spacial score (nSPS) is 13.0. The number of alkyl halides is 6. The zero-order valence-electron chi connectivity index (χ0n) is 13.3. The third kappa shape index (κ3) is 3.53. The molecule has 0 spiro atoms. The fraction of sp³-hybridized carbons (Fsp3) is 0.231. The lowest BCUT2D eigenvalue weighted by Crippen LogP contribution is -2.26. The molecule has 0 aliphatic carbocycles. The monoisotopic (exact) mass is 453 g/mol. The van der Waals surface area contributed by atoms with Crippen LogP contribution in [0.4, 0.5) is 30.7 Å². The van der Waals surface area contributed by atoms with E-state index in [0.29, 0.717) is 6.92 Å². The van der Waals surface area contributed by atoms with Crippen LogP contribution in [-0.2, 0) is 16.0 Å². The van der Waals surface area contributed by atoms with Crippen molar-refractivity contribution >= 4 is 27.3 Å². The van der Waals surface area contributed by atoms with Gasteiger partial charge in [0.1, 0.15) is 10.6 Å². The van der Waals surface area contributed by atoms with Crippen LogP contribution in [0, 0.1) is 12.7 Å². The smallest absolute Gasteiger partial charge is 0.364 e. The quantitative estimate of drug-likeness (QED) is 0.721. The fourth-order valence-electron chi connectivity index (χ4n) is 2.24. The Bertz CT molecular complexity index is 1050.